The van der Waals surface area contributed by atoms with Crippen molar-refractivity contribution in [3.63, 3.8) is 0 Å². The summed E-state index contributed by atoms with van der Waals surface area (Å²) in [4.78, 5) is 31.5. The van der Waals surface area contributed by atoms with Crippen LogP contribution in [-0.4, -0.2) is 40.1 Å². The Balaban J connectivity index is 2.50. The van der Waals surface area contributed by atoms with Crippen molar-refractivity contribution in [1.82, 2.24) is 14.3 Å². The standard InChI is InChI=1S/C18H25N3O2S/c1-11(9-22)8-14-12(2)19-17-21(14)13(3)15(24-17)16(23)20(7)10-18(4,5)6/h8-9H,10H2,1-7H3/b11-8+. The predicted molar refractivity (Wildman–Crippen MR) is 98.7 cm³/mol. The molecule has 0 fully saturated rings. The third kappa shape index (κ3) is 3.59. The Morgan fingerprint density at radius 2 is 1.96 bits per heavy atom. The van der Waals surface area contributed by atoms with Crippen LogP contribution in [-0.2, 0) is 4.79 Å². The molecule has 0 aromatic carbocycles. The fourth-order valence-corrected chi connectivity index (χ4v) is 3.92. The highest BCUT2D eigenvalue weighted by atomic mass is 32.1. The Morgan fingerprint density at radius 1 is 1.33 bits per heavy atom. The van der Waals surface area contributed by atoms with E-state index in [1.807, 2.05) is 31.4 Å². The van der Waals surface area contributed by atoms with Crippen molar-refractivity contribution in [1.29, 1.82) is 0 Å². The molecule has 130 valence electrons. The van der Waals surface area contributed by atoms with Crippen molar-refractivity contribution in [3.05, 3.63) is 27.5 Å². The normalized spacial score (nSPS) is 12.7. The van der Waals surface area contributed by atoms with Gasteiger partial charge in [0.05, 0.1) is 11.4 Å². The molecule has 0 saturated heterocycles. The van der Waals surface area contributed by atoms with E-state index >= 15 is 0 Å². The number of thiazole rings is 1. The average molecular weight is 347 g/mol. The number of aromatic nitrogens is 2. The zero-order chi connectivity index (χ0) is 18.2. The highest BCUT2D eigenvalue weighted by Crippen LogP contribution is 2.28. The highest BCUT2D eigenvalue weighted by Gasteiger charge is 2.24. The van der Waals surface area contributed by atoms with E-state index in [9.17, 15) is 9.59 Å². The summed E-state index contributed by atoms with van der Waals surface area (Å²) < 4.78 is 1.96. The number of carbonyl (C=O) groups is 2. The van der Waals surface area contributed by atoms with Crippen LogP contribution in [0.5, 0.6) is 0 Å². The van der Waals surface area contributed by atoms with Gasteiger partial charge >= 0.3 is 0 Å². The summed E-state index contributed by atoms with van der Waals surface area (Å²) in [5.41, 5.74) is 3.25. The molecule has 2 heterocycles. The molecule has 0 atom stereocenters. The summed E-state index contributed by atoms with van der Waals surface area (Å²) in [6.45, 7) is 12.6. The first-order chi connectivity index (χ1) is 11.0. The van der Waals surface area contributed by atoms with Crippen molar-refractivity contribution in [2.24, 2.45) is 5.41 Å². The zero-order valence-electron chi connectivity index (χ0n) is 15.4. The number of hydrogen-bond donors (Lipinski definition) is 0. The van der Waals surface area contributed by atoms with Gasteiger partial charge < -0.3 is 4.90 Å². The molecule has 0 spiro atoms. The minimum absolute atomic E-state index is 0.0117. The van der Waals surface area contributed by atoms with Gasteiger partial charge in [0.1, 0.15) is 11.2 Å². The lowest BCUT2D eigenvalue weighted by Crippen LogP contribution is -2.34. The quantitative estimate of drug-likeness (QED) is 0.625. The van der Waals surface area contributed by atoms with Gasteiger partial charge in [-0.1, -0.05) is 32.1 Å². The number of rotatable bonds is 4. The second kappa shape index (κ2) is 6.51. The van der Waals surface area contributed by atoms with Crippen molar-refractivity contribution in [2.45, 2.75) is 41.5 Å². The van der Waals surface area contributed by atoms with Crippen LogP contribution in [0.2, 0.25) is 0 Å². The Hall–Kier alpha value is -1.95. The van der Waals surface area contributed by atoms with Gasteiger partial charge in [0, 0.05) is 19.3 Å². The number of aldehydes is 1. The summed E-state index contributed by atoms with van der Waals surface area (Å²) in [6.07, 6.45) is 2.64. The molecule has 6 heteroatoms. The van der Waals surface area contributed by atoms with Gasteiger partial charge in [-0.05, 0) is 37.8 Å². The molecule has 5 nitrogen and oxygen atoms in total. The molecule has 0 N–H and O–H groups in total. The van der Waals surface area contributed by atoms with E-state index in [2.05, 4.69) is 25.8 Å². The predicted octanol–water partition coefficient (Wildman–Crippen LogP) is 3.73. The maximum Gasteiger partial charge on any atom is 0.265 e. The number of imidazole rings is 1. The molecule has 0 aliphatic carbocycles. The van der Waals surface area contributed by atoms with E-state index in [-0.39, 0.29) is 11.3 Å². The first-order valence-corrected chi connectivity index (χ1v) is 8.74. The van der Waals surface area contributed by atoms with Gasteiger partial charge in [-0.3, -0.25) is 14.0 Å². The number of allylic oxidation sites excluding steroid dienone is 1. The maximum absolute atomic E-state index is 12.8. The minimum Gasteiger partial charge on any atom is -0.340 e. The number of aryl methyl sites for hydroxylation is 2. The van der Waals surface area contributed by atoms with Crippen LogP contribution in [0.25, 0.3) is 11.0 Å². The van der Waals surface area contributed by atoms with Crippen molar-refractivity contribution < 1.29 is 9.59 Å². The second-order valence-electron chi connectivity index (χ2n) is 7.45. The molecular weight excluding hydrogens is 322 g/mol. The minimum atomic E-state index is 0.0117. The largest absolute Gasteiger partial charge is 0.340 e. The molecule has 2 aromatic heterocycles. The Kier molecular flexibility index (Phi) is 4.99. The fourth-order valence-electron chi connectivity index (χ4n) is 2.75. The van der Waals surface area contributed by atoms with E-state index in [0.29, 0.717) is 17.0 Å². The topological polar surface area (TPSA) is 54.7 Å². The molecule has 0 aliphatic heterocycles. The molecule has 2 aromatic rings. The van der Waals surface area contributed by atoms with Gasteiger partial charge in [0.25, 0.3) is 5.91 Å². The van der Waals surface area contributed by atoms with E-state index < -0.39 is 0 Å². The van der Waals surface area contributed by atoms with Gasteiger partial charge in [-0.25, -0.2) is 4.98 Å². The number of fused-ring (bicyclic) bond motifs is 1. The highest BCUT2D eigenvalue weighted by molar-refractivity contribution is 7.19. The molecule has 24 heavy (non-hydrogen) atoms. The molecular formula is C18H25N3O2S. The number of amides is 1. The molecule has 0 saturated carbocycles. The lowest BCUT2D eigenvalue weighted by molar-refractivity contribution is -0.104. The van der Waals surface area contributed by atoms with Crippen molar-refractivity contribution >= 4 is 34.6 Å². The summed E-state index contributed by atoms with van der Waals surface area (Å²) in [5, 5.41) is 0. The molecule has 2 rings (SSSR count). The van der Waals surface area contributed by atoms with Crippen LogP contribution in [0.15, 0.2) is 5.57 Å². The third-order valence-corrected chi connectivity index (χ3v) is 4.86. The van der Waals surface area contributed by atoms with Gasteiger partial charge in [0.2, 0.25) is 0 Å². The molecule has 0 unspecified atom stereocenters. The zero-order valence-corrected chi connectivity index (χ0v) is 16.2. The summed E-state index contributed by atoms with van der Waals surface area (Å²) in [7, 11) is 1.83. The maximum atomic E-state index is 12.8. The molecule has 1 amide bonds. The third-order valence-electron chi connectivity index (χ3n) is 3.73. The Labute approximate surface area is 147 Å². The van der Waals surface area contributed by atoms with Crippen LogP contribution >= 0.6 is 11.3 Å². The van der Waals surface area contributed by atoms with E-state index in [1.54, 1.807) is 11.8 Å². The van der Waals surface area contributed by atoms with E-state index in [1.165, 1.54) is 11.3 Å². The second-order valence-corrected chi connectivity index (χ2v) is 8.42. The fraction of sp³-hybridized carbons (Fsp3) is 0.500. The number of hydrogen-bond acceptors (Lipinski definition) is 4. The summed E-state index contributed by atoms with van der Waals surface area (Å²) in [5.74, 6) is 0.0117. The Morgan fingerprint density at radius 3 is 2.50 bits per heavy atom. The lowest BCUT2D eigenvalue weighted by atomic mass is 9.96. The molecule has 0 bridgehead atoms. The van der Waals surface area contributed by atoms with Crippen LogP contribution < -0.4 is 0 Å². The Bertz CT molecular complexity index is 822. The smallest absolute Gasteiger partial charge is 0.265 e. The van der Waals surface area contributed by atoms with Gasteiger partial charge in [-0.15, -0.1) is 0 Å². The van der Waals surface area contributed by atoms with Crippen LogP contribution in [0.4, 0.5) is 0 Å². The SMILES string of the molecule is C/C(C=O)=C\c1c(C)nc2sc(C(=O)N(C)CC(C)(C)C)c(C)n12. The first-order valence-electron chi connectivity index (χ1n) is 7.92. The number of carbonyl (C=O) groups excluding carboxylic acids is 2. The van der Waals surface area contributed by atoms with E-state index in [0.717, 1.165) is 28.3 Å². The van der Waals surface area contributed by atoms with Crippen LogP contribution in [0.3, 0.4) is 0 Å². The van der Waals surface area contributed by atoms with E-state index in [4.69, 9.17) is 0 Å². The molecule has 0 aliphatic rings. The van der Waals surface area contributed by atoms with Crippen LogP contribution in [0, 0.1) is 19.3 Å². The van der Waals surface area contributed by atoms with Crippen LogP contribution in [0.1, 0.15) is 54.4 Å². The average Bonchev–Trinajstić information content (AvgIpc) is 2.93. The molecule has 0 radical (unpaired) electrons. The van der Waals surface area contributed by atoms with Crippen molar-refractivity contribution in [3.8, 4) is 0 Å². The summed E-state index contributed by atoms with van der Waals surface area (Å²) >= 11 is 1.40. The lowest BCUT2D eigenvalue weighted by Gasteiger charge is -2.26. The monoisotopic (exact) mass is 347 g/mol. The number of nitrogens with zero attached hydrogens (tertiary/aromatic N) is 3. The van der Waals surface area contributed by atoms with Gasteiger partial charge in [-0.2, -0.15) is 0 Å². The van der Waals surface area contributed by atoms with Gasteiger partial charge in [0.15, 0.2) is 4.96 Å². The van der Waals surface area contributed by atoms with Crippen molar-refractivity contribution in [2.75, 3.05) is 13.6 Å². The summed E-state index contributed by atoms with van der Waals surface area (Å²) in [6, 6.07) is 0. The first kappa shape index (κ1) is 18.4.